The largest absolute Gasteiger partial charge is 0.507 e. The molecule has 0 bridgehead atoms. The minimum Gasteiger partial charge on any atom is -0.507 e. The van der Waals surface area contributed by atoms with Gasteiger partial charge in [-0.1, -0.05) is 47.6 Å². The van der Waals surface area contributed by atoms with E-state index in [4.69, 9.17) is 4.74 Å². The second kappa shape index (κ2) is 7.02. The van der Waals surface area contributed by atoms with Crippen molar-refractivity contribution in [2.24, 2.45) is 0 Å². The Morgan fingerprint density at radius 3 is 1.92 bits per heavy atom. The van der Waals surface area contributed by atoms with Gasteiger partial charge in [-0.15, -0.1) is 0 Å². The first kappa shape index (κ1) is 19.8. The average Bonchev–Trinajstić information content (AvgIpc) is 2.53. The Balaban J connectivity index is 2.44. The fraction of sp³-hybridized carbons (Fsp3) is 0.409. The summed E-state index contributed by atoms with van der Waals surface area (Å²) >= 11 is 0. The highest BCUT2D eigenvalue weighted by atomic mass is 16.5. The SMILES string of the molecule is COc1ccc(O)c(C(=O)Nc2cc(C(C)(C)C)cc(C(C)(C)C)c2)c1. The standard InChI is InChI=1S/C22H29NO3/c1-21(2,3)14-10-15(22(4,5)6)12-16(11-14)23-20(25)18-13-17(26-7)8-9-19(18)24/h8-13,24H,1-7H3,(H,23,25). The van der Waals surface area contributed by atoms with Crippen LogP contribution in [0.3, 0.4) is 0 Å². The van der Waals surface area contributed by atoms with Gasteiger partial charge in [-0.2, -0.15) is 0 Å². The Hall–Kier alpha value is -2.49. The highest BCUT2D eigenvalue weighted by molar-refractivity contribution is 6.06. The molecule has 0 heterocycles. The summed E-state index contributed by atoms with van der Waals surface area (Å²) in [5, 5.41) is 13.0. The van der Waals surface area contributed by atoms with Crippen molar-refractivity contribution in [2.45, 2.75) is 52.4 Å². The molecule has 0 spiro atoms. The van der Waals surface area contributed by atoms with Crippen LogP contribution < -0.4 is 10.1 Å². The van der Waals surface area contributed by atoms with E-state index in [0.717, 1.165) is 16.8 Å². The third kappa shape index (κ3) is 4.57. The molecule has 0 aliphatic carbocycles. The third-order valence-electron chi connectivity index (χ3n) is 4.37. The molecule has 0 fully saturated rings. The topological polar surface area (TPSA) is 58.6 Å². The Kier molecular flexibility index (Phi) is 5.36. The van der Waals surface area contributed by atoms with Crippen LogP contribution in [0, 0.1) is 0 Å². The molecule has 0 saturated heterocycles. The van der Waals surface area contributed by atoms with E-state index in [-0.39, 0.29) is 28.1 Å². The van der Waals surface area contributed by atoms with Crippen LogP contribution in [0.5, 0.6) is 11.5 Å². The van der Waals surface area contributed by atoms with E-state index in [2.05, 4.69) is 52.9 Å². The van der Waals surface area contributed by atoms with E-state index < -0.39 is 0 Å². The van der Waals surface area contributed by atoms with E-state index in [9.17, 15) is 9.90 Å². The Morgan fingerprint density at radius 2 is 1.46 bits per heavy atom. The lowest BCUT2D eigenvalue weighted by molar-refractivity contribution is 0.102. The Morgan fingerprint density at radius 1 is 0.923 bits per heavy atom. The van der Waals surface area contributed by atoms with Gasteiger partial charge >= 0.3 is 0 Å². The van der Waals surface area contributed by atoms with Gasteiger partial charge in [0.05, 0.1) is 12.7 Å². The Labute approximate surface area is 156 Å². The number of benzene rings is 2. The van der Waals surface area contributed by atoms with E-state index in [0.29, 0.717) is 5.75 Å². The summed E-state index contributed by atoms with van der Waals surface area (Å²) in [6.45, 7) is 12.9. The molecule has 0 aliphatic rings. The average molecular weight is 355 g/mol. The summed E-state index contributed by atoms with van der Waals surface area (Å²) in [7, 11) is 1.52. The normalized spacial score (nSPS) is 12.0. The highest BCUT2D eigenvalue weighted by Gasteiger charge is 2.21. The van der Waals surface area contributed by atoms with Crippen LogP contribution in [-0.4, -0.2) is 18.1 Å². The van der Waals surface area contributed by atoms with Crippen LogP contribution in [0.15, 0.2) is 36.4 Å². The number of aromatic hydroxyl groups is 1. The second-order valence-corrected chi connectivity index (χ2v) is 8.64. The van der Waals surface area contributed by atoms with E-state index in [1.807, 2.05) is 12.1 Å². The van der Waals surface area contributed by atoms with Gasteiger partial charge in [0, 0.05) is 5.69 Å². The van der Waals surface area contributed by atoms with E-state index in [1.165, 1.54) is 19.2 Å². The van der Waals surface area contributed by atoms with Crippen molar-refractivity contribution in [3.8, 4) is 11.5 Å². The molecule has 26 heavy (non-hydrogen) atoms. The summed E-state index contributed by atoms with van der Waals surface area (Å²) in [5.74, 6) is 0.0745. The minimum absolute atomic E-state index is 0.0428. The van der Waals surface area contributed by atoms with E-state index >= 15 is 0 Å². The first-order valence-corrected chi connectivity index (χ1v) is 8.76. The monoisotopic (exact) mass is 355 g/mol. The lowest BCUT2D eigenvalue weighted by Gasteiger charge is -2.26. The maximum atomic E-state index is 12.7. The number of carbonyl (C=O) groups is 1. The fourth-order valence-electron chi connectivity index (χ4n) is 2.59. The first-order chi connectivity index (χ1) is 11.9. The molecule has 1 amide bonds. The molecule has 2 aromatic carbocycles. The van der Waals surface area contributed by atoms with Gasteiger partial charge in [0.1, 0.15) is 11.5 Å². The molecule has 0 radical (unpaired) electrons. The van der Waals surface area contributed by atoms with Crippen molar-refractivity contribution >= 4 is 11.6 Å². The van der Waals surface area contributed by atoms with Gasteiger partial charge in [-0.25, -0.2) is 0 Å². The number of amides is 1. The van der Waals surface area contributed by atoms with Crippen molar-refractivity contribution in [3.63, 3.8) is 0 Å². The molecule has 0 aliphatic heterocycles. The van der Waals surface area contributed by atoms with Crippen LogP contribution in [0.1, 0.15) is 63.0 Å². The van der Waals surface area contributed by atoms with Crippen molar-refractivity contribution in [3.05, 3.63) is 53.1 Å². The van der Waals surface area contributed by atoms with Crippen molar-refractivity contribution in [2.75, 3.05) is 12.4 Å². The predicted octanol–water partition coefficient (Wildman–Crippen LogP) is 5.25. The van der Waals surface area contributed by atoms with Crippen molar-refractivity contribution in [1.82, 2.24) is 0 Å². The number of hydrogen-bond acceptors (Lipinski definition) is 3. The zero-order valence-corrected chi connectivity index (χ0v) is 16.7. The molecule has 140 valence electrons. The summed E-state index contributed by atoms with van der Waals surface area (Å²) in [5.41, 5.74) is 3.11. The van der Waals surface area contributed by atoms with Gasteiger partial charge in [0.25, 0.3) is 5.91 Å². The number of phenols is 1. The summed E-state index contributed by atoms with van der Waals surface area (Å²) < 4.78 is 5.15. The number of anilines is 1. The molecular formula is C22H29NO3. The summed E-state index contributed by atoms with van der Waals surface area (Å²) in [6, 6.07) is 10.8. The zero-order valence-electron chi connectivity index (χ0n) is 16.7. The maximum Gasteiger partial charge on any atom is 0.259 e. The molecule has 2 N–H and O–H groups in total. The Bertz CT molecular complexity index is 779. The maximum absolute atomic E-state index is 12.7. The zero-order chi connectivity index (χ0) is 19.7. The van der Waals surface area contributed by atoms with Crippen LogP contribution in [0.25, 0.3) is 0 Å². The van der Waals surface area contributed by atoms with Crippen LogP contribution in [0.2, 0.25) is 0 Å². The number of rotatable bonds is 3. The molecule has 0 saturated carbocycles. The molecule has 2 aromatic rings. The molecule has 4 nitrogen and oxygen atoms in total. The lowest BCUT2D eigenvalue weighted by atomic mass is 9.80. The smallest absolute Gasteiger partial charge is 0.259 e. The van der Waals surface area contributed by atoms with Crippen LogP contribution >= 0.6 is 0 Å². The molecule has 0 atom stereocenters. The molecular weight excluding hydrogens is 326 g/mol. The molecule has 4 heteroatoms. The van der Waals surface area contributed by atoms with Gasteiger partial charge < -0.3 is 15.2 Å². The third-order valence-corrected chi connectivity index (χ3v) is 4.37. The van der Waals surface area contributed by atoms with E-state index in [1.54, 1.807) is 6.07 Å². The van der Waals surface area contributed by atoms with Crippen LogP contribution in [0.4, 0.5) is 5.69 Å². The highest BCUT2D eigenvalue weighted by Crippen LogP contribution is 2.32. The number of nitrogens with one attached hydrogen (secondary N) is 1. The predicted molar refractivity (Wildman–Crippen MR) is 106 cm³/mol. The molecule has 0 aromatic heterocycles. The number of carbonyl (C=O) groups excluding carboxylic acids is 1. The lowest BCUT2D eigenvalue weighted by Crippen LogP contribution is -2.19. The minimum atomic E-state index is -0.368. The first-order valence-electron chi connectivity index (χ1n) is 8.76. The van der Waals surface area contributed by atoms with Crippen molar-refractivity contribution < 1.29 is 14.6 Å². The van der Waals surface area contributed by atoms with Gasteiger partial charge in [-0.3, -0.25) is 4.79 Å². The number of phenolic OH excluding ortho intramolecular Hbond substituents is 1. The number of methoxy groups -OCH3 is 1. The second-order valence-electron chi connectivity index (χ2n) is 8.64. The van der Waals surface area contributed by atoms with Crippen molar-refractivity contribution in [1.29, 1.82) is 0 Å². The fourth-order valence-corrected chi connectivity index (χ4v) is 2.59. The summed E-state index contributed by atoms with van der Waals surface area (Å²) in [6.07, 6.45) is 0. The summed E-state index contributed by atoms with van der Waals surface area (Å²) in [4.78, 5) is 12.7. The van der Waals surface area contributed by atoms with Gasteiger partial charge in [-0.05, 0) is 52.3 Å². The van der Waals surface area contributed by atoms with Gasteiger partial charge in [0.2, 0.25) is 0 Å². The molecule has 0 unspecified atom stereocenters. The number of ether oxygens (including phenoxy) is 1. The van der Waals surface area contributed by atoms with Crippen LogP contribution in [-0.2, 0) is 10.8 Å². The van der Waals surface area contributed by atoms with Gasteiger partial charge in [0.15, 0.2) is 0 Å². The molecule has 2 rings (SSSR count). The number of hydrogen-bond donors (Lipinski definition) is 2. The quantitative estimate of drug-likeness (QED) is 0.791.